The Hall–Kier alpha value is -3.19. The first-order valence-electron chi connectivity index (χ1n) is 8.25. The molecule has 0 radical (unpaired) electrons. The van der Waals surface area contributed by atoms with E-state index in [2.05, 4.69) is 16.8 Å². The second-order valence-corrected chi connectivity index (χ2v) is 6.45. The van der Waals surface area contributed by atoms with E-state index >= 15 is 0 Å². The van der Waals surface area contributed by atoms with E-state index in [1.165, 1.54) is 17.4 Å². The van der Waals surface area contributed by atoms with Crippen molar-refractivity contribution in [3.63, 3.8) is 0 Å². The van der Waals surface area contributed by atoms with Gasteiger partial charge in [0.25, 0.3) is 11.8 Å². The van der Waals surface area contributed by atoms with Crippen LogP contribution in [0.1, 0.15) is 24.5 Å². The Bertz CT molecular complexity index is 914. The molecule has 1 aromatic carbocycles. The standard InChI is InChI=1S/C20H18N2O4S/c1-3-12-24-16-9-6-15(7-10-16)8-11-18(23)25-14(2)19-21-22-20(26-19)17-5-4-13-27-17/h3-11,13-14H,1,12H2,2H3/b11-8+/t14-/m1/s1. The number of thiophene rings is 1. The molecule has 0 bridgehead atoms. The minimum Gasteiger partial charge on any atom is -0.490 e. The van der Waals surface area contributed by atoms with Gasteiger partial charge in [-0.1, -0.05) is 30.9 Å². The summed E-state index contributed by atoms with van der Waals surface area (Å²) < 4.78 is 16.3. The van der Waals surface area contributed by atoms with Crippen molar-refractivity contribution in [2.45, 2.75) is 13.0 Å². The predicted octanol–water partition coefficient (Wildman–Crippen LogP) is 4.68. The van der Waals surface area contributed by atoms with Crippen molar-refractivity contribution in [3.05, 3.63) is 72.0 Å². The molecule has 0 unspecified atom stereocenters. The van der Waals surface area contributed by atoms with E-state index < -0.39 is 12.1 Å². The van der Waals surface area contributed by atoms with E-state index in [4.69, 9.17) is 13.9 Å². The van der Waals surface area contributed by atoms with Crippen molar-refractivity contribution in [1.29, 1.82) is 0 Å². The first-order valence-corrected chi connectivity index (χ1v) is 9.13. The molecule has 0 aliphatic rings. The summed E-state index contributed by atoms with van der Waals surface area (Å²) in [5.41, 5.74) is 0.850. The summed E-state index contributed by atoms with van der Waals surface area (Å²) in [6, 6.07) is 11.1. The number of carbonyl (C=O) groups excluding carboxylic acids is 1. The number of aromatic nitrogens is 2. The molecule has 2 heterocycles. The van der Waals surface area contributed by atoms with Crippen LogP contribution in [0.2, 0.25) is 0 Å². The zero-order chi connectivity index (χ0) is 19.1. The summed E-state index contributed by atoms with van der Waals surface area (Å²) in [5.74, 6) is 0.910. The summed E-state index contributed by atoms with van der Waals surface area (Å²) in [7, 11) is 0. The highest BCUT2D eigenvalue weighted by Gasteiger charge is 2.18. The third-order valence-electron chi connectivity index (χ3n) is 3.47. The van der Waals surface area contributed by atoms with Crippen LogP contribution in [0.4, 0.5) is 0 Å². The van der Waals surface area contributed by atoms with Crippen LogP contribution in [0.25, 0.3) is 16.8 Å². The van der Waals surface area contributed by atoms with Crippen LogP contribution >= 0.6 is 11.3 Å². The van der Waals surface area contributed by atoms with Crippen LogP contribution in [-0.2, 0) is 9.53 Å². The van der Waals surface area contributed by atoms with Gasteiger partial charge >= 0.3 is 5.97 Å². The maximum absolute atomic E-state index is 12.0. The number of rotatable bonds is 8. The van der Waals surface area contributed by atoms with E-state index in [1.807, 2.05) is 41.8 Å². The highest BCUT2D eigenvalue weighted by atomic mass is 32.1. The maximum Gasteiger partial charge on any atom is 0.331 e. The van der Waals surface area contributed by atoms with Crippen molar-refractivity contribution in [1.82, 2.24) is 10.2 Å². The SMILES string of the molecule is C=CCOc1ccc(/C=C/C(=O)O[C@H](C)c2nnc(-c3cccs3)o2)cc1. The van der Waals surface area contributed by atoms with Crippen LogP contribution in [-0.4, -0.2) is 22.8 Å². The van der Waals surface area contributed by atoms with Gasteiger partial charge in [-0.3, -0.25) is 0 Å². The zero-order valence-corrected chi connectivity index (χ0v) is 15.5. The molecule has 0 aliphatic carbocycles. The van der Waals surface area contributed by atoms with Gasteiger partial charge in [-0.2, -0.15) is 0 Å². The molecule has 0 fully saturated rings. The molecule has 0 saturated carbocycles. The molecule has 0 spiro atoms. The molecule has 0 aliphatic heterocycles. The third kappa shape index (κ3) is 5.15. The quantitative estimate of drug-likeness (QED) is 0.320. The molecule has 6 nitrogen and oxygen atoms in total. The molecule has 2 aromatic heterocycles. The summed E-state index contributed by atoms with van der Waals surface area (Å²) in [6.07, 6.45) is 4.06. The van der Waals surface area contributed by atoms with Gasteiger partial charge in [-0.25, -0.2) is 4.79 Å². The van der Waals surface area contributed by atoms with Gasteiger partial charge in [0.05, 0.1) is 4.88 Å². The molecule has 3 aromatic rings. The van der Waals surface area contributed by atoms with Gasteiger partial charge in [-0.05, 0) is 42.1 Å². The minimum absolute atomic E-state index is 0.254. The lowest BCUT2D eigenvalue weighted by Gasteiger charge is -2.06. The monoisotopic (exact) mass is 382 g/mol. The van der Waals surface area contributed by atoms with Gasteiger partial charge in [0.15, 0.2) is 6.10 Å². The summed E-state index contributed by atoms with van der Waals surface area (Å²) in [5, 5.41) is 9.84. The van der Waals surface area contributed by atoms with E-state index in [9.17, 15) is 4.79 Å². The number of ether oxygens (including phenoxy) is 2. The summed E-state index contributed by atoms with van der Waals surface area (Å²) >= 11 is 1.50. The number of hydrogen-bond donors (Lipinski definition) is 0. The highest BCUT2D eigenvalue weighted by molar-refractivity contribution is 7.13. The normalized spacial score (nSPS) is 12.0. The first-order chi connectivity index (χ1) is 13.2. The maximum atomic E-state index is 12.0. The van der Waals surface area contributed by atoms with Gasteiger partial charge in [-0.15, -0.1) is 21.5 Å². The molecule has 7 heteroatoms. The highest BCUT2D eigenvalue weighted by Crippen LogP contribution is 2.25. The number of carbonyl (C=O) groups is 1. The third-order valence-corrected chi connectivity index (χ3v) is 4.33. The Morgan fingerprint density at radius 2 is 2.11 bits per heavy atom. The molecular formula is C20H18N2O4S. The minimum atomic E-state index is -0.641. The van der Waals surface area contributed by atoms with Crippen molar-refractivity contribution >= 4 is 23.4 Å². The van der Waals surface area contributed by atoms with E-state index in [0.29, 0.717) is 12.5 Å². The fourth-order valence-corrected chi connectivity index (χ4v) is 2.80. The number of esters is 1. The average Bonchev–Trinajstić information content (AvgIpc) is 3.36. The summed E-state index contributed by atoms with van der Waals surface area (Å²) in [6.45, 7) is 5.73. The smallest absolute Gasteiger partial charge is 0.331 e. The zero-order valence-electron chi connectivity index (χ0n) is 14.7. The molecule has 0 N–H and O–H groups in total. The number of benzene rings is 1. The van der Waals surface area contributed by atoms with Crippen molar-refractivity contribution in [2.75, 3.05) is 6.61 Å². The molecule has 3 rings (SSSR count). The van der Waals surface area contributed by atoms with E-state index in [-0.39, 0.29) is 5.89 Å². The van der Waals surface area contributed by atoms with Gasteiger partial charge in [0.1, 0.15) is 12.4 Å². The fourth-order valence-electron chi connectivity index (χ4n) is 2.16. The lowest BCUT2D eigenvalue weighted by atomic mass is 10.2. The Kier molecular flexibility index (Phi) is 6.17. The van der Waals surface area contributed by atoms with Crippen LogP contribution < -0.4 is 4.74 Å². The Labute approximate surface area is 160 Å². The molecule has 1 atom stereocenters. The molecule has 138 valence electrons. The van der Waals surface area contributed by atoms with Crippen LogP contribution in [0, 0.1) is 0 Å². The van der Waals surface area contributed by atoms with E-state index in [0.717, 1.165) is 16.2 Å². The molecule has 0 saturated heterocycles. The average molecular weight is 382 g/mol. The number of nitrogens with zero attached hydrogens (tertiary/aromatic N) is 2. The lowest BCUT2D eigenvalue weighted by Crippen LogP contribution is -2.06. The van der Waals surface area contributed by atoms with E-state index in [1.54, 1.807) is 19.1 Å². The Morgan fingerprint density at radius 3 is 2.81 bits per heavy atom. The summed E-state index contributed by atoms with van der Waals surface area (Å²) in [4.78, 5) is 12.9. The molecule has 0 amide bonds. The van der Waals surface area contributed by atoms with Crippen LogP contribution in [0.15, 0.2) is 64.9 Å². The Balaban J connectivity index is 1.55. The molecular weight excluding hydrogens is 364 g/mol. The Morgan fingerprint density at radius 1 is 1.30 bits per heavy atom. The van der Waals surface area contributed by atoms with Crippen LogP contribution in [0.5, 0.6) is 5.75 Å². The van der Waals surface area contributed by atoms with Gasteiger partial charge in [0, 0.05) is 6.08 Å². The topological polar surface area (TPSA) is 74.5 Å². The largest absolute Gasteiger partial charge is 0.490 e. The van der Waals surface area contributed by atoms with Gasteiger partial charge in [0.2, 0.25) is 0 Å². The second-order valence-electron chi connectivity index (χ2n) is 5.50. The van der Waals surface area contributed by atoms with Crippen molar-refractivity contribution < 1.29 is 18.7 Å². The first kappa shape index (κ1) is 18.6. The fraction of sp³-hybridized carbons (Fsp3) is 0.150. The predicted molar refractivity (Wildman–Crippen MR) is 103 cm³/mol. The number of hydrogen-bond acceptors (Lipinski definition) is 7. The molecule has 27 heavy (non-hydrogen) atoms. The van der Waals surface area contributed by atoms with Crippen molar-refractivity contribution in [3.8, 4) is 16.5 Å². The van der Waals surface area contributed by atoms with Crippen molar-refractivity contribution in [2.24, 2.45) is 0 Å². The van der Waals surface area contributed by atoms with Crippen LogP contribution in [0.3, 0.4) is 0 Å². The lowest BCUT2D eigenvalue weighted by molar-refractivity contribution is -0.143. The second kappa shape index (κ2) is 8.95. The van der Waals surface area contributed by atoms with Gasteiger partial charge < -0.3 is 13.9 Å².